The van der Waals surface area contributed by atoms with Crippen molar-refractivity contribution in [3.05, 3.63) is 42.4 Å². The van der Waals surface area contributed by atoms with Gasteiger partial charge in [-0.05, 0) is 43.5 Å². The van der Waals surface area contributed by atoms with Crippen molar-refractivity contribution in [2.24, 2.45) is 11.8 Å². The molecule has 0 saturated heterocycles. The van der Waals surface area contributed by atoms with Crippen LogP contribution in [0.1, 0.15) is 43.5 Å². The van der Waals surface area contributed by atoms with E-state index in [4.69, 9.17) is 4.74 Å². The number of aromatic nitrogens is 2. The van der Waals surface area contributed by atoms with Crippen molar-refractivity contribution in [1.82, 2.24) is 19.8 Å². The summed E-state index contributed by atoms with van der Waals surface area (Å²) in [5.41, 5.74) is 2.04. The predicted molar refractivity (Wildman–Crippen MR) is 124 cm³/mol. The second-order valence-corrected chi connectivity index (χ2v) is 9.28. The average Bonchev–Trinajstić information content (AvgIpc) is 2.79. The third-order valence-corrected chi connectivity index (χ3v) is 6.82. The number of nitrogens with zero attached hydrogens (tertiary/aromatic N) is 4. The molecule has 0 spiro atoms. The van der Waals surface area contributed by atoms with Crippen molar-refractivity contribution in [2.45, 2.75) is 45.3 Å². The highest BCUT2D eigenvalue weighted by molar-refractivity contribution is 5.98. The third-order valence-electron chi connectivity index (χ3n) is 6.82. The van der Waals surface area contributed by atoms with Gasteiger partial charge in [-0.25, -0.2) is 4.98 Å². The van der Waals surface area contributed by atoms with Crippen LogP contribution in [0.4, 0.5) is 0 Å². The van der Waals surface area contributed by atoms with Crippen LogP contribution in [0.15, 0.2) is 36.8 Å². The Balaban J connectivity index is 1.67. The molecule has 8 heteroatoms. The molecular formula is C25H32N4O4. The summed E-state index contributed by atoms with van der Waals surface area (Å²) in [6.45, 7) is 4.52. The Kier molecular flexibility index (Phi) is 6.93. The first kappa shape index (κ1) is 23.2. The Hall–Kier alpha value is -3.00. The van der Waals surface area contributed by atoms with E-state index in [-0.39, 0.29) is 48.3 Å². The van der Waals surface area contributed by atoms with Gasteiger partial charge in [0.2, 0.25) is 11.8 Å². The third kappa shape index (κ3) is 4.85. The molecule has 0 unspecified atom stereocenters. The first-order chi connectivity index (χ1) is 15.9. The number of hydrogen-bond acceptors (Lipinski definition) is 6. The van der Waals surface area contributed by atoms with Crippen LogP contribution in [0.2, 0.25) is 0 Å². The summed E-state index contributed by atoms with van der Waals surface area (Å²) in [6.07, 6.45) is 7.74. The topological polar surface area (TPSA) is 95.9 Å². The summed E-state index contributed by atoms with van der Waals surface area (Å²) >= 11 is 0. The van der Waals surface area contributed by atoms with Gasteiger partial charge in [0.1, 0.15) is 11.7 Å². The Morgan fingerprint density at radius 1 is 1.30 bits per heavy atom. The minimum absolute atomic E-state index is 0.0607. The zero-order valence-corrected chi connectivity index (χ0v) is 19.5. The van der Waals surface area contributed by atoms with Crippen molar-refractivity contribution in [3.63, 3.8) is 0 Å². The van der Waals surface area contributed by atoms with E-state index >= 15 is 0 Å². The smallest absolute Gasteiger partial charge is 0.259 e. The van der Waals surface area contributed by atoms with Gasteiger partial charge >= 0.3 is 0 Å². The SMILES string of the molecule is C[C@H](CO)N1C[C@H](C)[C@H](CN(C)C(=O)C2CCC2)Oc2ncc(-c3ccncc3)cc2C1=O. The first-order valence-electron chi connectivity index (χ1n) is 11.6. The fraction of sp³-hybridized carbons (Fsp3) is 0.520. The van der Waals surface area contributed by atoms with Crippen molar-refractivity contribution >= 4 is 11.8 Å². The molecule has 2 aliphatic rings. The van der Waals surface area contributed by atoms with Crippen LogP contribution in [0.3, 0.4) is 0 Å². The van der Waals surface area contributed by atoms with E-state index in [1.54, 1.807) is 34.5 Å². The maximum Gasteiger partial charge on any atom is 0.259 e. The molecule has 0 bridgehead atoms. The van der Waals surface area contributed by atoms with Crippen LogP contribution in [-0.2, 0) is 4.79 Å². The number of ether oxygens (including phenoxy) is 1. The quantitative estimate of drug-likeness (QED) is 0.724. The zero-order valence-electron chi connectivity index (χ0n) is 19.5. The highest BCUT2D eigenvalue weighted by Gasteiger charge is 2.36. The van der Waals surface area contributed by atoms with E-state index in [0.717, 1.165) is 30.4 Å². The minimum Gasteiger partial charge on any atom is -0.472 e. The van der Waals surface area contributed by atoms with Gasteiger partial charge < -0.3 is 19.6 Å². The molecule has 4 rings (SSSR count). The van der Waals surface area contributed by atoms with Gasteiger partial charge in [0.05, 0.1) is 19.2 Å². The summed E-state index contributed by atoms with van der Waals surface area (Å²) in [6, 6.07) is 5.15. The maximum absolute atomic E-state index is 13.5. The van der Waals surface area contributed by atoms with E-state index in [2.05, 4.69) is 9.97 Å². The van der Waals surface area contributed by atoms with Crippen LogP contribution in [0.5, 0.6) is 5.88 Å². The molecule has 0 radical (unpaired) electrons. The number of carbonyl (C=O) groups is 2. The van der Waals surface area contributed by atoms with Gasteiger partial charge in [0, 0.05) is 49.6 Å². The van der Waals surface area contributed by atoms with Gasteiger partial charge in [-0.2, -0.15) is 0 Å². The second kappa shape index (κ2) is 9.87. The summed E-state index contributed by atoms with van der Waals surface area (Å²) in [4.78, 5) is 38.2. The Morgan fingerprint density at radius 3 is 2.67 bits per heavy atom. The molecule has 1 N–H and O–H groups in total. The largest absolute Gasteiger partial charge is 0.472 e. The average molecular weight is 453 g/mol. The molecule has 3 atom stereocenters. The highest BCUT2D eigenvalue weighted by Crippen LogP contribution is 2.31. The van der Waals surface area contributed by atoms with Gasteiger partial charge in [-0.3, -0.25) is 14.6 Å². The molecule has 1 aliphatic carbocycles. The number of hydrogen-bond donors (Lipinski definition) is 1. The van der Waals surface area contributed by atoms with E-state index in [1.165, 1.54) is 0 Å². The van der Waals surface area contributed by atoms with Crippen LogP contribution < -0.4 is 4.74 Å². The van der Waals surface area contributed by atoms with Crippen molar-refractivity contribution < 1.29 is 19.4 Å². The van der Waals surface area contributed by atoms with Crippen LogP contribution in [0, 0.1) is 11.8 Å². The number of aliphatic hydroxyl groups excluding tert-OH is 1. The van der Waals surface area contributed by atoms with E-state index < -0.39 is 0 Å². The molecule has 1 saturated carbocycles. The number of carbonyl (C=O) groups excluding carboxylic acids is 2. The maximum atomic E-state index is 13.5. The second-order valence-electron chi connectivity index (χ2n) is 9.28. The van der Waals surface area contributed by atoms with Crippen LogP contribution in [0.25, 0.3) is 11.1 Å². The number of rotatable bonds is 6. The molecular weight excluding hydrogens is 420 g/mol. The number of amides is 2. The molecule has 2 aromatic rings. The number of aliphatic hydroxyl groups is 1. The first-order valence-corrected chi connectivity index (χ1v) is 11.6. The summed E-state index contributed by atoms with van der Waals surface area (Å²) < 4.78 is 6.30. The molecule has 3 heterocycles. The molecule has 8 nitrogen and oxygen atoms in total. The predicted octanol–water partition coefficient (Wildman–Crippen LogP) is 2.62. The lowest BCUT2D eigenvalue weighted by Gasteiger charge is -2.38. The number of fused-ring (bicyclic) bond motifs is 1. The standard InChI is InChI=1S/C25H32N4O4/c1-16-13-29(17(2)15-30)25(32)21-11-20(18-7-9-26-10-8-18)12-27-23(21)33-22(16)14-28(3)24(31)19-5-4-6-19/h7-12,16-17,19,22,30H,4-6,13-15H2,1-3H3/t16-,17+,22-/m0/s1. The molecule has 2 amide bonds. The van der Waals surface area contributed by atoms with E-state index in [1.807, 2.05) is 33.0 Å². The fourth-order valence-corrected chi connectivity index (χ4v) is 4.35. The van der Waals surface area contributed by atoms with E-state index in [0.29, 0.717) is 18.7 Å². The summed E-state index contributed by atoms with van der Waals surface area (Å²) in [5.74, 6) is 0.235. The van der Waals surface area contributed by atoms with Crippen molar-refractivity contribution in [1.29, 1.82) is 0 Å². The lowest BCUT2D eigenvalue weighted by Crippen LogP contribution is -2.51. The molecule has 2 aromatic heterocycles. The van der Waals surface area contributed by atoms with Crippen molar-refractivity contribution in [3.8, 4) is 17.0 Å². The zero-order chi connectivity index (χ0) is 23.5. The van der Waals surface area contributed by atoms with Gasteiger partial charge in [0.25, 0.3) is 5.91 Å². The fourth-order valence-electron chi connectivity index (χ4n) is 4.35. The van der Waals surface area contributed by atoms with E-state index in [9.17, 15) is 14.7 Å². The summed E-state index contributed by atoms with van der Waals surface area (Å²) in [7, 11) is 1.82. The van der Waals surface area contributed by atoms with Gasteiger partial charge in [-0.1, -0.05) is 13.3 Å². The Morgan fingerprint density at radius 2 is 2.03 bits per heavy atom. The lowest BCUT2D eigenvalue weighted by molar-refractivity contribution is -0.138. The Bertz CT molecular complexity index is 995. The molecule has 176 valence electrons. The highest BCUT2D eigenvalue weighted by atomic mass is 16.5. The van der Waals surface area contributed by atoms with Crippen LogP contribution in [-0.4, -0.2) is 75.6 Å². The van der Waals surface area contributed by atoms with Crippen molar-refractivity contribution in [2.75, 3.05) is 26.7 Å². The number of pyridine rings is 2. The molecule has 0 aromatic carbocycles. The lowest BCUT2D eigenvalue weighted by atomic mass is 9.84. The minimum atomic E-state index is -0.356. The number of likely N-dealkylation sites (N-methyl/N-ethyl adjacent to an activating group) is 1. The molecule has 1 aliphatic heterocycles. The molecule has 1 fully saturated rings. The summed E-state index contributed by atoms with van der Waals surface area (Å²) in [5, 5.41) is 9.81. The van der Waals surface area contributed by atoms with Gasteiger partial charge in [-0.15, -0.1) is 0 Å². The normalized spacial score (nSPS) is 21.8. The molecule has 33 heavy (non-hydrogen) atoms. The Labute approximate surface area is 194 Å². The van der Waals surface area contributed by atoms with Crippen LogP contribution >= 0.6 is 0 Å². The van der Waals surface area contributed by atoms with Gasteiger partial charge in [0.15, 0.2) is 0 Å². The monoisotopic (exact) mass is 452 g/mol.